The summed E-state index contributed by atoms with van der Waals surface area (Å²) < 4.78 is 1.63. The SMILES string of the molecule is CCc1nnn(CC(C)c2nn[nH]c2C(=O)O)c1S. The Morgan fingerprint density at radius 2 is 2.26 bits per heavy atom. The zero-order valence-electron chi connectivity index (χ0n) is 10.5. The van der Waals surface area contributed by atoms with Gasteiger partial charge >= 0.3 is 5.97 Å². The van der Waals surface area contributed by atoms with E-state index in [1.54, 1.807) is 4.68 Å². The Kier molecular flexibility index (Phi) is 3.84. The number of nitrogens with zero attached hydrogens (tertiary/aromatic N) is 5. The molecule has 2 aromatic heterocycles. The van der Waals surface area contributed by atoms with Crippen LogP contribution < -0.4 is 0 Å². The fourth-order valence-electron chi connectivity index (χ4n) is 1.78. The molecular weight excluding hydrogens is 268 g/mol. The molecule has 0 spiro atoms. The molecule has 19 heavy (non-hydrogen) atoms. The third-order valence-electron chi connectivity index (χ3n) is 2.81. The Labute approximate surface area is 114 Å². The second kappa shape index (κ2) is 5.39. The van der Waals surface area contributed by atoms with Crippen LogP contribution in [0.15, 0.2) is 5.03 Å². The number of aromatic amines is 1. The lowest BCUT2D eigenvalue weighted by molar-refractivity contribution is 0.0688. The lowest BCUT2D eigenvalue weighted by Crippen LogP contribution is -2.12. The number of nitrogens with one attached hydrogen (secondary N) is 1. The van der Waals surface area contributed by atoms with Crippen LogP contribution in [0, 0.1) is 0 Å². The van der Waals surface area contributed by atoms with Gasteiger partial charge in [-0.15, -0.1) is 22.8 Å². The highest BCUT2D eigenvalue weighted by Crippen LogP contribution is 2.20. The van der Waals surface area contributed by atoms with Gasteiger partial charge in [0, 0.05) is 5.92 Å². The van der Waals surface area contributed by atoms with Crippen molar-refractivity contribution in [2.24, 2.45) is 0 Å². The number of thiol groups is 1. The van der Waals surface area contributed by atoms with Gasteiger partial charge in [-0.1, -0.05) is 24.3 Å². The van der Waals surface area contributed by atoms with Crippen LogP contribution in [-0.4, -0.2) is 41.5 Å². The van der Waals surface area contributed by atoms with E-state index in [1.165, 1.54) is 0 Å². The van der Waals surface area contributed by atoms with Crippen molar-refractivity contribution in [3.63, 3.8) is 0 Å². The van der Waals surface area contributed by atoms with Crippen molar-refractivity contribution in [1.29, 1.82) is 0 Å². The summed E-state index contributed by atoms with van der Waals surface area (Å²) in [6, 6.07) is 0. The topological polar surface area (TPSA) is 110 Å². The van der Waals surface area contributed by atoms with Crippen molar-refractivity contribution < 1.29 is 9.90 Å². The quantitative estimate of drug-likeness (QED) is 0.698. The molecule has 0 saturated heterocycles. The molecule has 1 unspecified atom stereocenters. The second-order valence-electron chi connectivity index (χ2n) is 4.17. The van der Waals surface area contributed by atoms with Crippen LogP contribution in [0.5, 0.6) is 0 Å². The van der Waals surface area contributed by atoms with Crippen molar-refractivity contribution in [1.82, 2.24) is 30.4 Å². The largest absolute Gasteiger partial charge is 0.476 e. The van der Waals surface area contributed by atoms with Crippen LogP contribution in [0.25, 0.3) is 0 Å². The van der Waals surface area contributed by atoms with Crippen LogP contribution in [0.1, 0.15) is 41.6 Å². The first-order chi connectivity index (χ1) is 9.04. The highest BCUT2D eigenvalue weighted by atomic mass is 32.1. The maximum atomic E-state index is 11.0. The Hall–Kier alpha value is -1.90. The summed E-state index contributed by atoms with van der Waals surface area (Å²) in [5.41, 5.74) is 1.21. The summed E-state index contributed by atoms with van der Waals surface area (Å²) in [6.07, 6.45) is 0.748. The summed E-state index contributed by atoms with van der Waals surface area (Å²) in [5.74, 6) is -1.24. The van der Waals surface area contributed by atoms with E-state index in [0.29, 0.717) is 17.3 Å². The van der Waals surface area contributed by atoms with Gasteiger partial charge in [-0.05, 0) is 6.42 Å². The Balaban J connectivity index is 2.20. The molecule has 2 rings (SSSR count). The van der Waals surface area contributed by atoms with Gasteiger partial charge in [0.15, 0.2) is 5.69 Å². The van der Waals surface area contributed by atoms with Crippen molar-refractivity contribution in [2.45, 2.75) is 37.8 Å². The molecule has 0 fully saturated rings. The number of hydrogen-bond acceptors (Lipinski definition) is 6. The Morgan fingerprint density at radius 3 is 2.84 bits per heavy atom. The molecule has 8 nitrogen and oxygen atoms in total. The van der Waals surface area contributed by atoms with Crippen LogP contribution in [0.4, 0.5) is 0 Å². The number of aryl methyl sites for hydroxylation is 1. The molecule has 2 N–H and O–H groups in total. The average Bonchev–Trinajstić information content (AvgIpc) is 2.97. The zero-order chi connectivity index (χ0) is 14.0. The molecule has 102 valence electrons. The number of carboxylic acid groups (broad SMARTS) is 1. The molecule has 0 radical (unpaired) electrons. The van der Waals surface area contributed by atoms with E-state index < -0.39 is 5.97 Å². The van der Waals surface area contributed by atoms with Crippen molar-refractivity contribution in [3.05, 3.63) is 17.1 Å². The van der Waals surface area contributed by atoms with Crippen LogP contribution in [0.3, 0.4) is 0 Å². The van der Waals surface area contributed by atoms with E-state index in [1.807, 2.05) is 13.8 Å². The van der Waals surface area contributed by atoms with Gasteiger partial charge in [-0.3, -0.25) is 5.10 Å². The lowest BCUT2D eigenvalue weighted by Gasteiger charge is -2.09. The van der Waals surface area contributed by atoms with Gasteiger partial charge in [-0.25, -0.2) is 9.48 Å². The van der Waals surface area contributed by atoms with Gasteiger partial charge in [0.05, 0.1) is 12.2 Å². The van der Waals surface area contributed by atoms with E-state index >= 15 is 0 Å². The van der Waals surface area contributed by atoms with Crippen LogP contribution in [0.2, 0.25) is 0 Å². The van der Waals surface area contributed by atoms with Crippen molar-refractivity contribution in [3.8, 4) is 0 Å². The molecule has 0 saturated carbocycles. The van der Waals surface area contributed by atoms with Crippen molar-refractivity contribution in [2.75, 3.05) is 0 Å². The van der Waals surface area contributed by atoms with Crippen molar-refractivity contribution >= 4 is 18.6 Å². The summed E-state index contributed by atoms with van der Waals surface area (Å²) >= 11 is 4.36. The highest BCUT2D eigenvalue weighted by Gasteiger charge is 2.21. The molecule has 0 bridgehead atoms. The summed E-state index contributed by atoms with van der Waals surface area (Å²) in [5, 5.41) is 27.4. The molecule has 0 aliphatic rings. The molecule has 2 aromatic rings. The number of rotatable bonds is 5. The molecule has 1 atom stereocenters. The summed E-state index contributed by atoms with van der Waals surface area (Å²) in [6.45, 7) is 4.27. The molecule has 0 aliphatic carbocycles. The third-order valence-corrected chi connectivity index (χ3v) is 3.30. The molecule has 2 heterocycles. The maximum Gasteiger partial charge on any atom is 0.355 e. The normalized spacial score (nSPS) is 12.6. The first-order valence-corrected chi connectivity index (χ1v) is 6.24. The minimum atomic E-state index is -1.08. The second-order valence-corrected chi connectivity index (χ2v) is 4.60. The first-order valence-electron chi connectivity index (χ1n) is 5.80. The minimum Gasteiger partial charge on any atom is -0.476 e. The number of hydrogen-bond donors (Lipinski definition) is 3. The van der Waals surface area contributed by atoms with E-state index in [9.17, 15) is 4.79 Å². The van der Waals surface area contributed by atoms with Gasteiger partial charge in [0.2, 0.25) is 0 Å². The molecule has 0 aliphatic heterocycles. The van der Waals surface area contributed by atoms with E-state index in [4.69, 9.17) is 5.11 Å². The number of carboxylic acids is 1. The Bertz CT molecular complexity index is 593. The monoisotopic (exact) mass is 282 g/mol. The number of carbonyl (C=O) groups is 1. The average molecular weight is 282 g/mol. The number of aromatic nitrogens is 6. The molecule has 0 aromatic carbocycles. The van der Waals surface area contributed by atoms with Gasteiger partial charge in [-0.2, -0.15) is 0 Å². The highest BCUT2D eigenvalue weighted by molar-refractivity contribution is 7.80. The van der Waals surface area contributed by atoms with Crippen LogP contribution >= 0.6 is 12.6 Å². The first kappa shape index (κ1) is 13.5. The van der Waals surface area contributed by atoms with E-state index in [0.717, 1.165) is 12.1 Å². The predicted molar refractivity (Wildman–Crippen MR) is 68.4 cm³/mol. The fourth-order valence-corrected chi connectivity index (χ4v) is 2.10. The van der Waals surface area contributed by atoms with Gasteiger partial charge in [0.25, 0.3) is 0 Å². The third kappa shape index (κ3) is 2.60. The Morgan fingerprint density at radius 1 is 1.53 bits per heavy atom. The smallest absolute Gasteiger partial charge is 0.355 e. The summed E-state index contributed by atoms with van der Waals surface area (Å²) in [4.78, 5) is 11.0. The fraction of sp³-hybridized carbons (Fsp3) is 0.500. The van der Waals surface area contributed by atoms with Gasteiger partial charge in [0.1, 0.15) is 10.7 Å². The van der Waals surface area contributed by atoms with Crippen LogP contribution in [-0.2, 0) is 13.0 Å². The van der Waals surface area contributed by atoms with Gasteiger partial charge < -0.3 is 5.11 Å². The summed E-state index contributed by atoms with van der Waals surface area (Å²) in [7, 11) is 0. The number of aromatic carboxylic acids is 1. The molecule has 9 heteroatoms. The number of H-pyrrole nitrogens is 1. The molecule has 0 amide bonds. The minimum absolute atomic E-state index is 0.00374. The molecular formula is C10H14N6O2S. The lowest BCUT2D eigenvalue weighted by atomic mass is 10.1. The predicted octanol–water partition coefficient (Wildman–Crippen LogP) is 0.749. The maximum absolute atomic E-state index is 11.0. The standard InChI is InChI=1S/C10H14N6O2S/c1-3-6-9(19)16(15-11-6)4-5(2)7-8(10(17)18)13-14-12-7/h5,19H,3-4H2,1-2H3,(H,17,18)(H,12,13,14). The van der Waals surface area contributed by atoms with E-state index in [2.05, 4.69) is 38.4 Å². The zero-order valence-corrected chi connectivity index (χ0v) is 11.4. The van der Waals surface area contributed by atoms with E-state index in [-0.39, 0.29) is 11.6 Å².